The first-order chi connectivity index (χ1) is 4.80. The molecule has 1 aliphatic carbocycles. The molecule has 0 aromatic carbocycles. The Hall–Kier alpha value is 0. The second-order valence-electron chi connectivity index (χ2n) is 3.73. The van der Waals surface area contributed by atoms with Crippen LogP contribution < -0.4 is 0 Å². The van der Waals surface area contributed by atoms with E-state index in [0.717, 1.165) is 5.92 Å². The third-order valence-electron chi connectivity index (χ3n) is 2.70. The van der Waals surface area contributed by atoms with Crippen LogP contribution in [0.15, 0.2) is 0 Å². The minimum absolute atomic E-state index is 0.679. The summed E-state index contributed by atoms with van der Waals surface area (Å²) in [6.07, 6.45) is 8.69. The quantitative estimate of drug-likeness (QED) is 0.488. The average Bonchev–Trinajstić information content (AvgIpc) is 2.12. The molecule has 0 aromatic rings. The van der Waals surface area contributed by atoms with Gasteiger partial charge in [0.15, 0.2) is 0 Å². The van der Waals surface area contributed by atoms with Crippen LogP contribution in [0.5, 0.6) is 0 Å². The standard InChI is InChI=1S/C10H19/c1-9(2)10-7-5-3-4-6-8-10/h9-10H,1,3-8H2,2H3/t9-/m0/s1. The summed E-state index contributed by atoms with van der Waals surface area (Å²) in [6.45, 7) is 6.36. The molecule has 1 radical (unpaired) electrons. The van der Waals surface area contributed by atoms with Crippen LogP contribution in [0.3, 0.4) is 0 Å². The van der Waals surface area contributed by atoms with E-state index in [1.165, 1.54) is 38.5 Å². The van der Waals surface area contributed by atoms with Crippen molar-refractivity contribution in [1.82, 2.24) is 0 Å². The molecule has 0 aliphatic heterocycles. The van der Waals surface area contributed by atoms with E-state index in [4.69, 9.17) is 0 Å². The van der Waals surface area contributed by atoms with Gasteiger partial charge in [0.05, 0.1) is 0 Å². The topological polar surface area (TPSA) is 0 Å². The molecule has 10 heavy (non-hydrogen) atoms. The number of hydrogen-bond acceptors (Lipinski definition) is 0. The van der Waals surface area contributed by atoms with Crippen LogP contribution in [0.2, 0.25) is 0 Å². The van der Waals surface area contributed by atoms with Crippen LogP contribution in [0.1, 0.15) is 45.4 Å². The normalized spacial score (nSPS) is 23.1. The molecular formula is C10H19. The first-order valence-corrected chi connectivity index (χ1v) is 4.64. The molecule has 0 spiro atoms. The summed E-state index contributed by atoms with van der Waals surface area (Å²) in [5, 5.41) is 0. The van der Waals surface area contributed by atoms with Gasteiger partial charge in [-0.1, -0.05) is 52.4 Å². The Kier molecular flexibility index (Phi) is 3.24. The molecule has 1 atom stereocenters. The Morgan fingerprint density at radius 3 is 2.00 bits per heavy atom. The summed E-state index contributed by atoms with van der Waals surface area (Å²) in [5.74, 6) is 1.61. The Bertz CT molecular complexity index is 76.0. The molecule has 0 amide bonds. The van der Waals surface area contributed by atoms with Crippen molar-refractivity contribution in [2.45, 2.75) is 45.4 Å². The maximum absolute atomic E-state index is 4.10. The first-order valence-electron chi connectivity index (χ1n) is 4.64. The van der Waals surface area contributed by atoms with E-state index in [1.54, 1.807) is 0 Å². The SMILES string of the molecule is [CH2][C@@H](C)C1CCCCCC1. The summed E-state index contributed by atoms with van der Waals surface area (Å²) in [4.78, 5) is 0. The summed E-state index contributed by atoms with van der Waals surface area (Å²) in [6, 6.07) is 0. The van der Waals surface area contributed by atoms with Gasteiger partial charge in [0, 0.05) is 0 Å². The molecule has 0 unspecified atom stereocenters. The molecule has 1 saturated carbocycles. The van der Waals surface area contributed by atoms with Gasteiger partial charge < -0.3 is 0 Å². The van der Waals surface area contributed by atoms with E-state index in [9.17, 15) is 0 Å². The predicted molar refractivity (Wildman–Crippen MR) is 45.7 cm³/mol. The van der Waals surface area contributed by atoms with Gasteiger partial charge in [-0.3, -0.25) is 0 Å². The van der Waals surface area contributed by atoms with Crippen molar-refractivity contribution < 1.29 is 0 Å². The maximum Gasteiger partial charge on any atom is -0.0388 e. The molecule has 1 rings (SSSR count). The number of rotatable bonds is 1. The van der Waals surface area contributed by atoms with Crippen molar-refractivity contribution in [2.75, 3.05) is 0 Å². The summed E-state index contributed by atoms with van der Waals surface area (Å²) >= 11 is 0. The summed E-state index contributed by atoms with van der Waals surface area (Å²) in [7, 11) is 0. The van der Waals surface area contributed by atoms with Crippen molar-refractivity contribution >= 4 is 0 Å². The van der Waals surface area contributed by atoms with E-state index >= 15 is 0 Å². The third kappa shape index (κ3) is 2.32. The fourth-order valence-electron chi connectivity index (χ4n) is 1.88. The molecule has 0 bridgehead atoms. The van der Waals surface area contributed by atoms with Gasteiger partial charge in [0.1, 0.15) is 0 Å². The second-order valence-corrected chi connectivity index (χ2v) is 3.73. The van der Waals surface area contributed by atoms with Crippen LogP contribution >= 0.6 is 0 Å². The largest absolute Gasteiger partial charge is 0.0622 e. The molecular weight excluding hydrogens is 120 g/mol. The van der Waals surface area contributed by atoms with Crippen LogP contribution in [0.4, 0.5) is 0 Å². The lowest BCUT2D eigenvalue weighted by molar-refractivity contribution is 0.370. The van der Waals surface area contributed by atoms with Crippen molar-refractivity contribution in [1.29, 1.82) is 0 Å². The van der Waals surface area contributed by atoms with E-state index in [1.807, 2.05) is 0 Å². The molecule has 59 valence electrons. The molecule has 0 N–H and O–H groups in total. The van der Waals surface area contributed by atoms with Crippen LogP contribution in [0.25, 0.3) is 0 Å². The van der Waals surface area contributed by atoms with Crippen molar-refractivity contribution in [2.24, 2.45) is 11.8 Å². The van der Waals surface area contributed by atoms with Crippen molar-refractivity contribution in [3.8, 4) is 0 Å². The highest BCUT2D eigenvalue weighted by Crippen LogP contribution is 2.27. The Morgan fingerprint density at radius 2 is 1.60 bits per heavy atom. The van der Waals surface area contributed by atoms with Crippen molar-refractivity contribution in [3.05, 3.63) is 6.92 Å². The molecule has 1 aliphatic rings. The molecule has 0 saturated heterocycles. The van der Waals surface area contributed by atoms with Gasteiger partial charge >= 0.3 is 0 Å². The van der Waals surface area contributed by atoms with E-state index in [-0.39, 0.29) is 0 Å². The summed E-state index contributed by atoms with van der Waals surface area (Å²) in [5.41, 5.74) is 0. The molecule has 1 fully saturated rings. The highest BCUT2D eigenvalue weighted by Gasteiger charge is 2.14. The van der Waals surface area contributed by atoms with Crippen LogP contribution in [-0.2, 0) is 0 Å². The van der Waals surface area contributed by atoms with E-state index in [0.29, 0.717) is 5.92 Å². The highest BCUT2D eigenvalue weighted by atomic mass is 14.2. The minimum Gasteiger partial charge on any atom is -0.0622 e. The van der Waals surface area contributed by atoms with Gasteiger partial charge in [-0.2, -0.15) is 0 Å². The number of hydrogen-bond donors (Lipinski definition) is 0. The lowest BCUT2D eigenvalue weighted by Gasteiger charge is -2.17. The van der Waals surface area contributed by atoms with E-state index in [2.05, 4.69) is 13.8 Å². The molecule has 0 aromatic heterocycles. The molecule has 0 heteroatoms. The predicted octanol–water partition coefficient (Wildman–Crippen LogP) is 3.43. The van der Waals surface area contributed by atoms with Crippen molar-refractivity contribution in [3.63, 3.8) is 0 Å². The lowest BCUT2D eigenvalue weighted by Crippen LogP contribution is -2.06. The van der Waals surface area contributed by atoms with E-state index < -0.39 is 0 Å². The van der Waals surface area contributed by atoms with Crippen LogP contribution in [-0.4, -0.2) is 0 Å². The Morgan fingerprint density at radius 1 is 1.10 bits per heavy atom. The monoisotopic (exact) mass is 139 g/mol. The molecule has 0 nitrogen and oxygen atoms in total. The molecule has 0 heterocycles. The Balaban J connectivity index is 2.28. The van der Waals surface area contributed by atoms with Crippen LogP contribution in [0, 0.1) is 18.8 Å². The van der Waals surface area contributed by atoms with Gasteiger partial charge in [-0.05, 0) is 11.8 Å². The lowest BCUT2D eigenvalue weighted by atomic mass is 9.89. The van der Waals surface area contributed by atoms with Gasteiger partial charge in [0.2, 0.25) is 0 Å². The fourth-order valence-corrected chi connectivity index (χ4v) is 1.88. The summed E-state index contributed by atoms with van der Waals surface area (Å²) < 4.78 is 0. The smallest absolute Gasteiger partial charge is 0.0388 e. The maximum atomic E-state index is 4.10. The highest BCUT2D eigenvalue weighted by molar-refractivity contribution is 4.70. The van der Waals surface area contributed by atoms with Gasteiger partial charge in [-0.15, -0.1) is 0 Å². The zero-order chi connectivity index (χ0) is 7.40. The Labute approximate surface area is 65.0 Å². The third-order valence-corrected chi connectivity index (χ3v) is 2.70. The zero-order valence-electron chi connectivity index (χ0n) is 7.10. The minimum atomic E-state index is 0.679. The van der Waals surface area contributed by atoms with Gasteiger partial charge in [0.25, 0.3) is 0 Å². The first kappa shape index (κ1) is 8.10. The fraction of sp³-hybridized carbons (Fsp3) is 0.900. The average molecular weight is 139 g/mol. The zero-order valence-corrected chi connectivity index (χ0v) is 7.10. The second kappa shape index (κ2) is 4.00. The van der Waals surface area contributed by atoms with Gasteiger partial charge in [-0.25, -0.2) is 0 Å².